The van der Waals surface area contributed by atoms with E-state index >= 15 is 0 Å². The Balaban J connectivity index is 2.10. The third-order valence-corrected chi connectivity index (χ3v) is 2.96. The first-order chi connectivity index (χ1) is 10.3. The Morgan fingerprint density at radius 3 is 2.59 bits per heavy atom. The number of para-hydroxylation sites is 1. The number of halogens is 4. The molecule has 0 saturated carbocycles. The fourth-order valence-corrected chi connectivity index (χ4v) is 1.83. The lowest BCUT2D eigenvalue weighted by Gasteiger charge is -2.15. The maximum Gasteiger partial charge on any atom is 0.330 e. The molecule has 0 saturated heterocycles. The number of H-pyrrole nitrogens is 1. The third kappa shape index (κ3) is 3.35. The van der Waals surface area contributed by atoms with E-state index in [1.807, 2.05) is 0 Å². The van der Waals surface area contributed by atoms with Crippen molar-refractivity contribution in [3.63, 3.8) is 0 Å². The second-order valence-corrected chi connectivity index (χ2v) is 4.55. The van der Waals surface area contributed by atoms with E-state index in [1.54, 1.807) is 18.2 Å². The minimum atomic E-state index is -4.26. The summed E-state index contributed by atoms with van der Waals surface area (Å²) in [4.78, 5) is 26.3. The standard InChI is InChI=1S/C13H12F4N2O3/c14-11(15)13(16,17)7-22-6-5-19-10(20)8-3-1-2-4-9(8)18-12(19)21/h1-4,11H,5-7H2,(H,18,21). The highest BCUT2D eigenvalue weighted by atomic mass is 19.3. The van der Waals surface area contributed by atoms with Crippen LogP contribution in [0.3, 0.4) is 0 Å². The summed E-state index contributed by atoms with van der Waals surface area (Å²) < 4.78 is 54.3. The number of aromatic amines is 1. The highest BCUT2D eigenvalue weighted by Crippen LogP contribution is 2.22. The molecular formula is C13H12F4N2O3. The van der Waals surface area contributed by atoms with Crippen LogP contribution in [0, 0.1) is 0 Å². The summed E-state index contributed by atoms with van der Waals surface area (Å²) in [6.45, 7) is -2.27. The van der Waals surface area contributed by atoms with Gasteiger partial charge in [-0.2, -0.15) is 8.78 Å². The average molecular weight is 320 g/mol. The SMILES string of the molecule is O=c1[nH]c2ccccc2c(=O)n1CCOCC(F)(F)C(F)F. The van der Waals surface area contributed by atoms with Gasteiger partial charge in [-0.1, -0.05) is 12.1 Å². The van der Waals surface area contributed by atoms with Crippen molar-refractivity contribution in [3.8, 4) is 0 Å². The molecule has 0 spiro atoms. The predicted octanol–water partition coefficient (Wildman–Crippen LogP) is 1.61. The van der Waals surface area contributed by atoms with E-state index in [9.17, 15) is 27.2 Å². The summed E-state index contributed by atoms with van der Waals surface area (Å²) >= 11 is 0. The van der Waals surface area contributed by atoms with Crippen molar-refractivity contribution < 1.29 is 22.3 Å². The van der Waals surface area contributed by atoms with E-state index in [0.29, 0.717) is 5.52 Å². The number of benzene rings is 1. The molecule has 1 N–H and O–H groups in total. The number of ether oxygens (including phenoxy) is 1. The van der Waals surface area contributed by atoms with Crippen LogP contribution in [0.4, 0.5) is 17.6 Å². The summed E-state index contributed by atoms with van der Waals surface area (Å²) in [5.74, 6) is -4.26. The number of fused-ring (bicyclic) bond motifs is 1. The van der Waals surface area contributed by atoms with Crippen molar-refractivity contribution in [2.45, 2.75) is 18.9 Å². The molecule has 22 heavy (non-hydrogen) atoms. The summed E-state index contributed by atoms with van der Waals surface area (Å²) in [6.07, 6.45) is -3.83. The molecule has 2 aromatic rings. The Labute approximate surface area is 121 Å². The Hall–Kier alpha value is -2.16. The molecule has 1 heterocycles. The van der Waals surface area contributed by atoms with Crippen LogP contribution < -0.4 is 11.2 Å². The number of hydrogen-bond acceptors (Lipinski definition) is 3. The van der Waals surface area contributed by atoms with Gasteiger partial charge in [-0.15, -0.1) is 0 Å². The summed E-state index contributed by atoms with van der Waals surface area (Å²) in [7, 11) is 0. The largest absolute Gasteiger partial charge is 0.373 e. The molecule has 0 aliphatic heterocycles. The van der Waals surface area contributed by atoms with E-state index in [2.05, 4.69) is 9.72 Å². The van der Waals surface area contributed by atoms with E-state index < -0.39 is 36.8 Å². The molecule has 120 valence electrons. The van der Waals surface area contributed by atoms with E-state index in [-0.39, 0.29) is 11.9 Å². The lowest BCUT2D eigenvalue weighted by molar-refractivity contribution is -0.166. The fourth-order valence-electron chi connectivity index (χ4n) is 1.83. The number of hydrogen-bond donors (Lipinski definition) is 1. The Kier molecular flexibility index (Phi) is 4.65. The third-order valence-electron chi connectivity index (χ3n) is 2.96. The van der Waals surface area contributed by atoms with Crippen molar-refractivity contribution in [1.29, 1.82) is 0 Å². The first-order valence-electron chi connectivity index (χ1n) is 6.28. The molecule has 0 amide bonds. The normalized spacial score (nSPS) is 12.2. The molecule has 0 bridgehead atoms. The van der Waals surface area contributed by atoms with Crippen LogP contribution in [0.5, 0.6) is 0 Å². The number of nitrogens with one attached hydrogen (secondary N) is 1. The van der Waals surface area contributed by atoms with Crippen molar-refractivity contribution in [2.24, 2.45) is 0 Å². The van der Waals surface area contributed by atoms with Gasteiger partial charge in [-0.3, -0.25) is 9.36 Å². The van der Waals surface area contributed by atoms with E-state index in [0.717, 1.165) is 4.57 Å². The molecule has 0 aliphatic rings. The molecule has 1 aromatic heterocycles. The van der Waals surface area contributed by atoms with Gasteiger partial charge in [0.05, 0.1) is 24.1 Å². The topological polar surface area (TPSA) is 64.1 Å². The smallest absolute Gasteiger partial charge is 0.330 e. The molecule has 2 rings (SSSR count). The van der Waals surface area contributed by atoms with Crippen LogP contribution >= 0.6 is 0 Å². The van der Waals surface area contributed by atoms with Crippen LogP contribution in [0.2, 0.25) is 0 Å². The van der Waals surface area contributed by atoms with Crippen LogP contribution in [-0.4, -0.2) is 35.1 Å². The van der Waals surface area contributed by atoms with Gasteiger partial charge in [0.2, 0.25) is 0 Å². The lowest BCUT2D eigenvalue weighted by atomic mass is 10.2. The molecule has 1 aromatic carbocycles. The fraction of sp³-hybridized carbons (Fsp3) is 0.385. The summed E-state index contributed by atoms with van der Waals surface area (Å²) in [6, 6.07) is 6.28. The van der Waals surface area contributed by atoms with Gasteiger partial charge in [0, 0.05) is 0 Å². The molecule has 0 unspecified atom stereocenters. The number of nitrogens with zero attached hydrogens (tertiary/aromatic N) is 1. The highest BCUT2D eigenvalue weighted by molar-refractivity contribution is 5.76. The molecule has 0 aliphatic carbocycles. The first-order valence-corrected chi connectivity index (χ1v) is 6.28. The zero-order valence-corrected chi connectivity index (χ0v) is 11.2. The molecule has 0 fully saturated rings. The molecule has 9 heteroatoms. The molecule has 5 nitrogen and oxygen atoms in total. The van der Waals surface area contributed by atoms with Gasteiger partial charge in [0.25, 0.3) is 5.56 Å². The van der Waals surface area contributed by atoms with Gasteiger partial charge < -0.3 is 9.72 Å². The second-order valence-electron chi connectivity index (χ2n) is 4.55. The average Bonchev–Trinajstić information content (AvgIpc) is 2.46. The first kappa shape index (κ1) is 16.2. The predicted molar refractivity (Wildman–Crippen MR) is 70.6 cm³/mol. The van der Waals surface area contributed by atoms with Gasteiger partial charge in [-0.05, 0) is 12.1 Å². The molecular weight excluding hydrogens is 308 g/mol. The van der Waals surface area contributed by atoms with Gasteiger partial charge in [0.15, 0.2) is 0 Å². The Bertz CT molecular complexity index is 770. The zero-order chi connectivity index (χ0) is 16.3. The molecule has 0 atom stereocenters. The van der Waals surface area contributed by atoms with Crippen LogP contribution in [0.1, 0.15) is 0 Å². The number of rotatable bonds is 6. The van der Waals surface area contributed by atoms with Crippen LogP contribution in [0.15, 0.2) is 33.9 Å². The minimum Gasteiger partial charge on any atom is -0.373 e. The second kappa shape index (κ2) is 6.30. The van der Waals surface area contributed by atoms with Crippen molar-refractivity contribution in [3.05, 3.63) is 45.1 Å². The van der Waals surface area contributed by atoms with E-state index in [4.69, 9.17) is 0 Å². The van der Waals surface area contributed by atoms with Gasteiger partial charge >= 0.3 is 18.0 Å². The number of aromatic nitrogens is 2. The number of alkyl halides is 4. The van der Waals surface area contributed by atoms with Gasteiger partial charge in [-0.25, -0.2) is 13.6 Å². The maximum atomic E-state index is 12.6. The zero-order valence-electron chi connectivity index (χ0n) is 11.2. The Morgan fingerprint density at radius 2 is 1.91 bits per heavy atom. The van der Waals surface area contributed by atoms with Crippen LogP contribution in [0.25, 0.3) is 10.9 Å². The van der Waals surface area contributed by atoms with Crippen molar-refractivity contribution >= 4 is 10.9 Å². The lowest BCUT2D eigenvalue weighted by Crippen LogP contribution is -2.37. The minimum absolute atomic E-state index is 0.250. The summed E-state index contributed by atoms with van der Waals surface area (Å²) in [5.41, 5.74) is -0.990. The monoisotopic (exact) mass is 320 g/mol. The van der Waals surface area contributed by atoms with Crippen LogP contribution in [-0.2, 0) is 11.3 Å². The quantitative estimate of drug-likeness (QED) is 0.650. The summed E-state index contributed by atoms with van der Waals surface area (Å²) in [5, 5.41) is 0.250. The Morgan fingerprint density at radius 1 is 1.23 bits per heavy atom. The van der Waals surface area contributed by atoms with Crippen molar-refractivity contribution in [1.82, 2.24) is 9.55 Å². The molecule has 0 radical (unpaired) electrons. The van der Waals surface area contributed by atoms with E-state index in [1.165, 1.54) is 6.07 Å². The maximum absolute atomic E-state index is 12.6. The van der Waals surface area contributed by atoms with Crippen molar-refractivity contribution in [2.75, 3.05) is 13.2 Å². The van der Waals surface area contributed by atoms with Gasteiger partial charge in [0.1, 0.15) is 6.61 Å². The highest BCUT2D eigenvalue weighted by Gasteiger charge is 2.40.